The van der Waals surface area contributed by atoms with Crippen LogP contribution in [-0.4, -0.2) is 29.2 Å². The van der Waals surface area contributed by atoms with Crippen molar-refractivity contribution in [2.24, 2.45) is 0 Å². The standard InChI is InChI=1S/C25H23Cl2FO4/c1-15(30)14-32-19-12-23(26)22(24(27)13-19)11-16-2-7-25(31)21(10-16)20(8-9-29)17-3-5-18(28)6-4-17/h2-7,10,12-13,20,29,31H,8-9,11,14H2,1H3. The second-order valence-electron chi connectivity index (χ2n) is 7.54. The Balaban J connectivity index is 1.91. The Hall–Kier alpha value is -2.60. The van der Waals surface area contributed by atoms with Crippen molar-refractivity contribution in [1.82, 2.24) is 0 Å². The van der Waals surface area contributed by atoms with Crippen molar-refractivity contribution in [3.05, 3.63) is 92.7 Å². The lowest BCUT2D eigenvalue weighted by Gasteiger charge is -2.20. The molecule has 0 bridgehead atoms. The molecule has 3 rings (SSSR count). The van der Waals surface area contributed by atoms with E-state index in [2.05, 4.69) is 0 Å². The number of ketones is 1. The molecule has 1 unspecified atom stereocenters. The van der Waals surface area contributed by atoms with Gasteiger partial charge in [-0.25, -0.2) is 4.39 Å². The zero-order valence-electron chi connectivity index (χ0n) is 17.4. The first-order chi connectivity index (χ1) is 15.3. The molecule has 0 aliphatic heterocycles. The number of ether oxygens (including phenoxy) is 1. The number of phenols is 1. The van der Waals surface area contributed by atoms with Gasteiger partial charge in [0, 0.05) is 34.6 Å². The molecule has 3 aromatic carbocycles. The van der Waals surface area contributed by atoms with Gasteiger partial charge in [0.2, 0.25) is 0 Å². The van der Waals surface area contributed by atoms with Gasteiger partial charge in [0.05, 0.1) is 0 Å². The maximum atomic E-state index is 13.4. The largest absolute Gasteiger partial charge is 0.508 e. The summed E-state index contributed by atoms with van der Waals surface area (Å²) in [5.74, 6) is -0.286. The third-order valence-corrected chi connectivity index (χ3v) is 5.77. The molecule has 7 heteroatoms. The molecule has 0 spiro atoms. The molecule has 0 aromatic heterocycles. The monoisotopic (exact) mass is 476 g/mol. The molecule has 3 aromatic rings. The van der Waals surface area contributed by atoms with Gasteiger partial charge in [-0.2, -0.15) is 0 Å². The second-order valence-corrected chi connectivity index (χ2v) is 8.36. The maximum Gasteiger partial charge on any atom is 0.167 e. The Labute approximate surface area is 196 Å². The zero-order chi connectivity index (χ0) is 23.3. The van der Waals surface area contributed by atoms with Gasteiger partial charge in [-0.15, -0.1) is 0 Å². The van der Waals surface area contributed by atoms with Gasteiger partial charge in [0.25, 0.3) is 0 Å². The van der Waals surface area contributed by atoms with Crippen LogP contribution in [0.5, 0.6) is 11.5 Å². The minimum Gasteiger partial charge on any atom is -0.508 e. The summed E-state index contributed by atoms with van der Waals surface area (Å²) in [6.07, 6.45) is 0.763. The zero-order valence-corrected chi connectivity index (χ0v) is 19.0. The first-order valence-corrected chi connectivity index (χ1v) is 10.8. The molecular weight excluding hydrogens is 454 g/mol. The molecule has 168 valence electrons. The smallest absolute Gasteiger partial charge is 0.167 e. The van der Waals surface area contributed by atoms with Gasteiger partial charge in [-0.05, 0) is 60.4 Å². The highest BCUT2D eigenvalue weighted by atomic mass is 35.5. The number of carbonyl (C=O) groups excluding carboxylic acids is 1. The van der Waals surface area contributed by atoms with Crippen LogP contribution in [0.25, 0.3) is 0 Å². The van der Waals surface area contributed by atoms with Crippen molar-refractivity contribution in [1.29, 1.82) is 0 Å². The molecule has 1 atom stereocenters. The van der Waals surface area contributed by atoms with Gasteiger partial charge in [0.1, 0.15) is 23.9 Å². The third kappa shape index (κ3) is 6.00. The molecule has 0 heterocycles. The number of benzene rings is 3. The highest BCUT2D eigenvalue weighted by Gasteiger charge is 2.19. The van der Waals surface area contributed by atoms with Crippen LogP contribution in [0.15, 0.2) is 54.6 Å². The Morgan fingerprint density at radius 3 is 2.31 bits per heavy atom. The number of hydrogen-bond donors (Lipinski definition) is 2. The topological polar surface area (TPSA) is 66.8 Å². The van der Waals surface area contributed by atoms with Crippen LogP contribution >= 0.6 is 23.2 Å². The lowest BCUT2D eigenvalue weighted by atomic mass is 9.86. The summed E-state index contributed by atoms with van der Waals surface area (Å²) in [6, 6.07) is 14.4. The van der Waals surface area contributed by atoms with Gasteiger partial charge in [-0.1, -0.05) is 47.5 Å². The Morgan fingerprint density at radius 2 is 1.72 bits per heavy atom. The van der Waals surface area contributed by atoms with Crippen molar-refractivity contribution in [3.8, 4) is 11.5 Å². The number of rotatable bonds is 9. The molecule has 2 N–H and O–H groups in total. The number of aromatic hydroxyl groups is 1. The number of carbonyl (C=O) groups is 1. The van der Waals surface area contributed by atoms with E-state index in [4.69, 9.17) is 27.9 Å². The highest BCUT2D eigenvalue weighted by Crippen LogP contribution is 2.37. The lowest BCUT2D eigenvalue weighted by Crippen LogP contribution is -2.07. The summed E-state index contributed by atoms with van der Waals surface area (Å²) in [5.41, 5.74) is 2.94. The molecule has 0 amide bonds. The van der Waals surface area contributed by atoms with Crippen LogP contribution in [0.1, 0.15) is 41.5 Å². The van der Waals surface area contributed by atoms with Crippen LogP contribution in [0, 0.1) is 5.82 Å². The van der Waals surface area contributed by atoms with Crippen molar-refractivity contribution in [3.63, 3.8) is 0 Å². The summed E-state index contributed by atoms with van der Waals surface area (Å²) in [4.78, 5) is 11.1. The van der Waals surface area contributed by atoms with E-state index < -0.39 is 0 Å². The summed E-state index contributed by atoms with van der Waals surface area (Å²) < 4.78 is 18.7. The summed E-state index contributed by atoms with van der Waals surface area (Å²) in [6.45, 7) is 1.27. The number of aliphatic hydroxyl groups excluding tert-OH is 1. The minimum atomic E-state index is -0.352. The van der Waals surface area contributed by atoms with Crippen molar-refractivity contribution >= 4 is 29.0 Å². The van der Waals surface area contributed by atoms with Crippen LogP contribution < -0.4 is 4.74 Å². The highest BCUT2D eigenvalue weighted by molar-refractivity contribution is 6.36. The van der Waals surface area contributed by atoms with Crippen LogP contribution in [-0.2, 0) is 11.2 Å². The fourth-order valence-electron chi connectivity index (χ4n) is 3.54. The average Bonchev–Trinajstić information content (AvgIpc) is 2.75. The fourth-order valence-corrected chi connectivity index (χ4v) is 4.14. The van der Waals surface area contributed by atoms with E-state index in [1.807, 2.05) is 6.07 Å². The number of Topliss-reactive ketones (excluding diaryl/α,β-unsaturated/α-hetero) is 1. The van der Waals surface area contributed by atoms with E-state index in [-0.39, 0.29) is 36.5 Å². The second kappa shape index (κ2) is 10.8. The summed E-state index contributed by atoms with van der Waals surface area (Å²) in [5, 5.41) is 20.9. The number of hydrogen-bond acceptors (Lipinski definition) is 4. The predicted octanol–water partition coefficient (Wildman–Crippen LogP) is 5.91. The number of aliphatic hydroxyl groups is 1. The Kier molecular flexibility index (Phi) is 8.13. The molecule has 32 heavy (non-hydrogen) atoms. The summed E-state index contributed by atoms with van der Waals surface area (Å²) >= 11 is 12.9. The number of phenolic OH excluding ortho intramolecular Hbond substituents is 1. The maximum absolute atomic E-state index is 13.4. The Morgan fingerprint density at radius 1 is 1.06 bits per heavy atom. The van der Waals surface area contributed by atoms with Gasteiger partial charge in [-0.3, -0.25) is 4.79 Å². The molecule has 0 fully saturated rings. The molecule has 0 aliphatic rings. The predicted molar refractivity (Wildman–Crippen MR) is 123 cm³/mol. The van der Waals surface area contributed by atoms with Crippen molar-refractivity contribution in [2.75, 3.05) is 13.2 Å². The first kappa shape index (κ1) is 24.1. The minimum absolute atomic E-state index is 0.0665. The molecule has 0 radical (unpaired) electrons. The van der Waals surface area contributed by atoms with Crippen molar-refractivity contribution < 1.29 is 24.1 Å². The van der Waals surface area contributed by atoms with E-state index in [0.717, 1.165) is 11.1 Å². The molecule has 0 saturated carbocycles. The normalized spacial score (nSPS) is 11.9. The number of halogens is 3. The molecule has 0 saturated heterocycles. The van der Waals surface area contributed by atoms with E-state index in [1.165, 1.54) is 19.1 Å². The van der Waals surface area contributed by atoms with E-state index in [1.54, 1.807) is 36.4 Å². The van der Waals surface area contributed by atoms with Crippen LogP contribution in [0.4, 0.5) is 4.39 Å². The fraction of sp³-hybridized carbons (Fsp3) is 0.240. The van der Waals surface area contributed by atoms with E-state index >= 15 is 0 Å². The van der Waals surface area contributed by atoms with Gasteiger partial charge < -0.3 is 14.9 Å². The molecule has 0 aliphatic carbocycles. The Bertz CT molecular complexity index is 1080. The van der Waals surface area contributed by atoms with E-state index in [0.29, 0.717) is 39.8 Å². The average molecular weight is 477 g/mol. The SMILES string of the molecule is CC(=O)COc1cc(Cl)c(Cc2ccc(O)c(C(CCO)c3ccc(F)cc3)c2)c(Cl)c1. The van der Waals surface area contributed by atoms with Gasteiger partial charge >= 0.3 is 0 Å². The quantitative estimate of drug-likeness (QED) is 0.402. The van der Waals surface area contributed by atoms with E-state index in [9.17, 15) is 19.4 Å². The first-order valence-electron chi connectivity index (χ1n) is 10.1. The lowest BCUT2D eigenvalue weighted by molar-refractivity contribution is -0.118. The van der Waals surface area contributed by atoms with Gasteiger partial charge in [0.15, 0.2) is 5.78 Å². The summed E-state index contributed by atoms with van der Waals surface area (Å²) in [7, 11) is 0. The third-order valence-electron chi connectivity index (χ3n) is 5.10. The molecular formula is C25H23Cl2FO4. The van der Waals surface area contributed by atoms with Crippen LogP contribution in [0.3, 0.4) is 0 Å². The van der Waals surface area contributed by atoms with Crippen LogP contribution in [0.2, 0.25) is 10.0 Å². The van der Waals surface area contributed by atoms with Crippen molar-refractivity contribution in [2.45, 2.75) is 25.7 Å². The molecule has 4 nitrogen and oxygen atoms in total.